The largest absolute Gasteiger partial charge is 0.481 e. The molecule has 0 saturated heterocycles. The lowest BCUT2D eigenvalue weighted by molar-refractivity contribution is -0.147. The summed E-state index contributed by atoms with van der Waals surface area (Å²) >= 11 is 11.8. The van der Waals surface area contributed by atoms with Crippen molar-refractivity contribution in [3.8, 4) is 11.4 Å². The first-order valence-electron chi connectivity index (χ1n) is 5.76. The summed E-state index contributed by atoms with van der Waals surface area (Å²) in [5.74, 6) is -0.481. The number of carbonyl (C=O) groups is 1. The van der Waals surface area contributed by atoms with Gasteiger partial charge in [-0.15, -0.1) is 5.10 Å². The zero-order chi connectivity index (χ0) is 14.9. The third kappa shape index (κ3) is 2.91. The van der Waals surface area contributed by atoms with Crippen molar-refractivity contribution in [3.63, 3.8) is 0 Å². The van der Waals surface area contributed by atoms with Crippen molar-refractivity contribution in [2.45, 2.75) is 20.4 Å². The van der Waals surface area contributed by atoms with Gasteiger partial charge in [0.05, 0.1) is 22.0 Å². The van der Waals surface area contributed by atoms with Crippen molar-refractivity contribution in [1.29, 1.82) is 0 Å². The topological polar surface area (TPSA) is 80.9 Å². The van der Waals surface area contributed by atoms with E-state index in [0.717, 1.165) is 0 Å². The van der Waals surface area contributed by atoms with Crippen molar-refractivity contribution in [2.24, 2.45) is 5.41 Å². The number of carboxylic acid groups (broad SMARTS) is 1. The molecule has 0 atom stereocenters. The highest BCUT2D eigenvalue weighted by Gasteiger charge is 2.29. The van der Waals surface area contributed by atoms with E-state index in [1.165, 1.54) is 4.68 Å². The van der Waals surface area contributed by atoms with E-state index in [0.29, 0.717) is 21.4 Å². The van der Waals surface area contributed by atoms with Crippen LogP contribution in [0.5, 0.6) is 0 Å². The number of aliphatic carboxylic acids is 1. The summed E-state index contributed by atoms with van der Waals surface area (Å²) in [6, 6.07) is 5.00. The minimum Gasteiger partial charge on any atom is -0.481 e. The molecule has 0 bridgehead atoms. The lowest BCUT2D eigenvalue weighted by Gasteiger charge is -2.19. The van der Waals surface area contributed by atoms with Gasteiger partial charge in [-0.05, 0) is 42.5 Å². The second-order valence-corrected chi connectivity index (χ2v) is 5.79. The van der Waals surface area contributed by atoms with E-state index in [4.69, 9.17) is 28.3 Å². The van der Waals surface area contributed by atoms with Gasteiger partial charge < -0.3 is 5.11 Å². The van der Waals surface area contributed by atoms with Gasteiger partial charge in [-0.3, -0.25) is 4.79 Å². The molecule has 1 N–H and O–H groups in total. The van der Waals surface area contributed by atoms with Crippen LogP contribution >= 0.6 is 23.2 Å². The van der Waals surface area contributed by atoms with Crippen molar-refractivity contribution in [2.75, 3.05) is 0 Å². The molecule has 106 valence electrons. The van der Waals surface area contributed by atoms with Gasteiger partial charge in [0.1, 0.15) is 0 Å². The molecule has 0 aliphatic heterocycles. The van der Waals surface area contributed by atoms with Crippen LogP contribution in [0.3, 0.4) is 0 Å². The van der Waals surface area contributed by atoms with Crippen LogP contribution in [0.25, 0.3) is 11.4 Å². The van der Waals surface area contributed by atoms with Crippen molar-refractivity contribution >= 4 is 29.2 Å². The Hall–Kier alpha value is -1.66. The van der Waals surface area contributed by atoms with Crippen LogP contribution in [0.1, 0.15) is 13.8 Å². The number of benzene rings is 1. The Balaban J connectivity index is 2.38. The zero-order valence-electron chi connectivity index (χ0n) is 10.8. The molecular weight excluding hydrogens is 303 g/mol. The van der Waals surface area contributed by atoms with E-state index < -0.39 is 11.4 Å². The molecule has 0 radical (unpaired) electrons. The van der Waals surface area contributed by atoms with Gasteiger partial charge in [0.15, 0.2) is 5.82 Å². The van der Waals surface area contributed by atoms with Crippen LogP contribution in [0.2, 0.25) is 10.0 Å². The predicted octanol–water partition coefficient (Wildman–Crippen LogP) is 2.76. The van der Waals surface area contributed by atoms with E-state index in [1.807, 2.05) is 0 Å². The van der Waals surface area contributed by atoms with Crippen LogP contribution in [-0.2, 0) is 11.3 Å². The van der Waals surface area contributed by atoms with Crippen LogP contribution < -0.4 is 0 Å². The molecule has 6 nitrogen and oxygen atoms in total. The second-order valence-electron chi connectivity index (χ2n) is 4.98. The Bertz CT molecular complexity index is 655. The van der Waals surface area contributed by atoms with E-state index in [2.05, 4.69) is 15.5 Å². The summed E-state index contributed by atoms with van der Waals surface area (Å²) in [6.07, 6.45) is 0. The average molecular weight is 315 g/mol. The van der Waals surface area contributed by atoms with Crippen molar-refractivity contribution in [3.05, 3.63) is 28.2 Å². The summed E-state index contributed by atoms with van der Waals surface area (Å²) in [5.41, 5.74) is -0.314. The molecule has 1 aromatic carbocycles. The zero-order valence-corrected chi connectivity index (χ0v) is 12.4. The molecule has 0 unspecified atom stereocenters. The Morgan fingerprint density at radius 1 is 1.35 bits per heavy atom. The van der Waals surface area contributed by atoms with Gasteiger partial charge in [-0.25, -0.2) is 4.68 Å². The Morgan fingerprint density at radius 3 is 2.65 bits per heavy atom. The van der Waals surface area contributed by atoms with Crippen molar-refractivity contribution < 1.29 is 9.90 Å². The number of aromatic nitrogens is 4. The van der Waals surface area contributed by atoms with E-state index in [9.17, 15) is 4.79 Å². The van der Waals surface area contributed by atoms with Crippen LogP contribution in [0, 0.1) is 5.41 Å². The van der Waals surface area contributed by atoms with Gasteiger partial charge in [-0.2, -0.15) is 0 Å². The fraction of sp³-hybridized carbons (Fsp3) is 0.333. The van der Waals surface area contributed by atoms with E-state index >= 15 is 0 Å². The number of halogens is 2. The first-order chi connectivity index (χ1) is 9.31. The highest BCUT2D eigenvalue weighted by molar-refractivity contribution is 6.42. The Morgan fingerprint density at radius 2 is 2.05 bits per heavy atom. The molecule has 0 aliphatic carbocycles. The number of hydrogen-bond acceptors (Lipinski definition) is 4. The molecular formula is C12H12Cl2N4O2. The van der Waals surface area contributed by atoms with Crippen LogP contribution in [0.15, 0.2) is 18.2 Å². The molecule has 20 heavy (non-hydrogen) atoms. The number of rotatable bonds is 4. The predicted molar refractivity (Wildman–Crippen MR) is 74.7 cm³/mol. The molecule has 8 heteroatoms. The van der Waals surface area contributed by atoms with Gasteiger partial charge in [0.2, 0.25) is 0 Å². The monoisotopic (exact) mass is 314 g/mol. The lowest BCUT2D eigenvalue weighted by Crippen LogP contribution is -2.30. The number of hydrogen-bond donors (Lipinski definition) is 1. The van der Waals surface area contributed by atoms with Crippen molar-refractivity contribution in [1.82, 2.24) is 20.2 Å². The third-order valence-electron chi connectivity index (χ3n) is 2.83. The smallest absolute Gasteiger partial charge is 0.310 e. The summed E-state index contributed by atoms with van der Waals surface area (Å²) in [6.45, 7) is 3.36. The van der Waals surface area contributed by atoms with Gasteiger partial charge in [0, 0.05) is 5.56 Å². The molecule has 2 rings (SSSR count). The normalized spacial score (nSPS) is 11.6. The first-order valence-corrected chi connectivity index (χ1v) is 6.52. The fourth-order valence-corrected chi connectivity index (χ4v) is 1.89. The molecule has 1 heterocycles. The minimum atomic E-state index is -0.986. The molecule has 0 aliphatic rings. The Kier molecular flexibility index (Phi) is 3.96. The van der Waals surface area contributed by atoms with Gasteiger partial charge in [-0.1, -0.05) is 23.2 Å². The maximum absolute atomic E-state index is 11.2. The standard InChI is InChI=1S/C12H12Cl2N4O2/c1-12(2,11(19)20)6-18-10(15-16-17-18)7-3-4-8(13)9(14)5-7/h3-5H,6H2,1-2H3,(H,19,20). The lowest BCUT2D eigenvalue weighted by atomic mass is 9.94. The number of nitrogens with zero attached hydrogens (tertiary/aromatic N) is 4. The number of tetrazole rings is 1. The highest BCUT2D eigenvalue weighted by atomic mass is 35.5. The highest BCUT2D eigenvalue weighted by Crippen LogP contribution is 2.28. The fourth-order valence-electron chi connectivity index (χ4n) is 1.60. The molecule has 0 spiro atoms. The molecule has 2 aromatic rings. The summed E-state index contributed by atoms with van der Waals surface area (Å²) < 4.78 is 1.44. The summed E-state index contributed by atoms with van der Waals surface area (Å²) in [7, 11) is 0. The molecule has 0 saturated carbocycles. The third-order valence-corrected chi connectivity index (χ3v) is 3.57. The van der Waals surface area contributed by atoms with Gasteiger partial charge in [0.25, 0.3) is 0 Å². The summed E-state index contributed by atoms with van der Waals surface area (Å²) in [5, 5.41) is 21.3. The molecule has 0 amide bonds. The van der Waals surface area contributed by atoms with Gasteiger partial charge >= 0.3 is 5.97 Å². The molecule has 0 fully saturated rings. The maximum atomic E-state index is 11.2. The summed E-state index contributed by atoms with van der Waals surface area (Å²) in [4.78, 5) is 11.2. The number of carboxylic acids is 1. The minimum absolute atomic E-state index is 0.144. The Labute approximate surface area is 125 Å². The maximum Gasteiger partial charge on any atom is 0.310 e. The van der Waals surface area contributed by atoms with Crippen LogP contribution in [0.4, 0.5) is 0 Å². The van der Waals surface area contributed by atoms with E-state index in [-0.39, 0.29) is 6.54 Å². The first kappa shape index (κ1) is 14.7. The van der Waals surface area contributed by atoms with E-state index in [1.54, 1.807) is 32.0 Å². The SMILES string of the molecule is CC(C)(Cn1nnnc1-c1ccc(Cl)c(Cl)c1)C(=O)O. The van der Waals surface area contributed by atoms with Crippen LogP contribution in [-0.4, -0.2) is 31.3 Å². The average Bonchev–Trinajstić information content (AvgIpc) is 2.80. The second kappa shape index (κ2) is 5.38. The quantitative estimate of drug-likeness (QED) is 0.938. The molecule has 1 aromatic heterocycles.